The fraction of sp³-hybridized carbons (Fsp3) is 0.609. The molecule has 4 rings (SSSR count). The van der Waals surface area contributed by atoms with Crippen LogP contribution >= 0.6 is 12.2 Å². The van der Waals surface area contributed by atoms with Crippen molar-refractivity contribution in [2.75, 3.05) is 26.2 Å². The highest BCUT2D eigenvalue weighted by molar-refractivity contribution is 7.71. The molecule has 2 aromatic rings. The van der Waals surface area contributed by atoms with Crippen LogP contribution in [0.2, 0.25) is 0 Å². The molecule has 0 saturated carbocycles. The maximum Gasteiger partial charge on any atom is 0.288 e. The number of nitrogens with zero attached hydrogens (tertiary/aromatic N) is 4. The van der Waals surface area contributed by atoms with Crippen LogP contribution in [0.25, 0.3) is 11.5 Å². The van der Waals surface area contributed by atoms with Gasteiger partial charge < -0.3 is 9.32 Å². The average molecular weight is 429 g/mol. The molecule has 2 aliphatic heterocycles. The molecule has 0 bridgehead atoms. The molecule has 2 fully saturated rings. The van der Waals surface area contributed by atoms with Crippen LogP contribution in [-0.4, -0.2) is 51.7 Å². The number of carbonyl (C=O) groups is 1. The summed E-state index contributed by atoms with van der Waals surface area (Å²) in [6, 6.07) is 6.18. The Morgan fingerprint density at radius 1 is 1.07 bits per heavy atom. The van der Waals surface area contributed by atoms with Crippen molar-refractivity contribution in [3.63, 3.8) is 0 Å². The molecule has 0 radical (unpaired) electrons. The van der Waals surface area contributed by atoms with Gasteiger partial charge in [0, 0.05) is 37.7 Å². The summed E-state index contributed by atoms with van der Waals surface area (Å²) in [5, 5.41) is 4.61. The third kappa shape index (κ3) is 4.83. The molecule has 162 valence electrons. The van der Waals surface area contributed by atoms with E-state index in [1.54, 1.807) is 4.68 Å². The minimum Gasteiger partial charge on any atom is -0.409 e. The van der Waals surface area contributed by atoms with Gasteiger partial charge in [0.1, 0.15) is 0 Å². The fourth-order valence-electron chi connectivity index (χ4n) is 4.45. The van der Waals surface area contributed by atoms with Crippen LogP contribution < -0.4 is 0 Å². The lowest BCUT2D eigenvalue weighted by atomic mass is 9.95. The lowest BCUT2D eigenvalue weighted by molar-refractivity contribution is -0.137. The van der Waals surface area contributed by atoms with Crippen molar-refractivity contribution in [3.05, 3.63) is 34.2 Å². The number of piperidine rings is 1. The first-order valence-electron chi connectivity index (χ1n) is 11.2. The van der Waals surface area contributed by atoms with Crippen molar-refractivity contribution < 1.29 is 9.21 Å². The number of benzene rings is 1. The van der Waals surface area contributed by atoms with Gasteiger partial charge in [0.05, 0.1) is 6.67 Å². The minimum absolute atomic E-state index is 0.163. The second-order valence-corrected chi connectivity index (χ2v) is 9.09. The van der Waals surface area contributed by atoms with Crippen LogP contribution in [0, 0.1) is 24.6 Å². The Balaban J connectivity index is 1.35. The quantitative estimate of drug-likeness (QED) is 0.668. The van der Waals surface area contributed by atoms with Crippen LogP contribution in [0.15, 0.2) is 22.6 Å². The molecule has 2 saturated heterocycles. The molecular weight excluding hydrogens is 396 g/mol. The van der Waals surface area contributed by atoms with Crippen molar-refractivity contribution in [1.29, 1.82) is 0 Å². The molecule has 0 spiro atoms. The van der Waals surface area contributed by atoms with E-state index in [2.05, 4.69) is 40.9 Å². The molecule has 1 aromatic carbocycles. The van der Waals surface area contributed by atoms with Crippen LogP contribution in [0.1, 0.15) is 49.7 Å². The van der Waals surface area contributed by atoms with Crippen molar-refractivity contribution in [3.8, 4) is 11.5 Å². The lowest BCUT2D eigenvalue weighted by Crippen LogP contribution is -2.43. The first-order chi connectivity index (χ1) is 14.5. The number of aryl methyl sites for hydroxylation is 2. The zero-order valence-electron chi connectivity index (χ0n) is 18.1. The molecular formula is C23H32N4O2S. The molecule has 0 aliphatic carbocycles. The summed E-state index contributed by atoms with van der Waals surface area (Å²) < 4.78 is 7.53. The molecule has 3 heterocycles. The molecule has 1 aromatic heterocycles. The van der Waals surface area contributed by atoms with Gasteiger partial charge >= 0.3 is 0 Å². The highest BCUT2D eigenvalue weighted by Gasteiger charge is 2.29. The zero-order chi connectivity index (χ0) is 21.1. The normalized spacial score (nSPS) is 19.1. The topological polar surface area (TPSA) is 54.5 Å². The Morgan fingerprint density at radius 2 is 1.77 bits per heavy atom. The molecule has 0 unspecified atom stereocenters. The van der Waals surface area contributed by atoms with E-state index >= 15 is 0 Å². The Hall–Kier alpha value is -1.99. The van der Waals surface area contributed by atoms with Gasteiger partial charge in [-0.1, -0.05) is 18.9 Å². The van der Waals surface area contributed by atoms with E-state index in [1.807, 2.05) is 6.07 Å². The van der Waals surface area contributed by atoms with E-state index in [4.69, 9.17) is 16.6 Å². The summed E-state index contributed by atoms with van der Waals surface area (Å²) in [5.74, 6) is 1.09. The summed E-state index contributed by atoms with van der Waals surface area (Å²) >= 11 is 5.41. The molecule has 6 nitrogen and oxygen atoms in total. The van der Waals surface area contributed by atoms with Crippen molar-refractivity contribution in [2.45, 2.75) is 59.0 Å². The SMILES string of the molecule is Cc1ccc(-c2nn(CN3CCC(C(=O)N4CCCCCC4)CC3)c(=S)o2)cc1C. The van der Waals surface area contributed by atoms with E-state index in [9.17, 15) is 4.79 Å². The second kappa shape index (κ2) is 9.43. The summed E-state index contributed by atoms with van der Waals surface area (Å²) in [5.41, 5.74) is 3.40. The average Bonchev–Trinajstić information content (AvgIpc) is 2.94. The predicted octanol–water partition coefficient (Wildman–Crippen LogP) is 4.56. The van der Waals surface area contributed by atoms with Gasteiger partial charge in [-0.2, -0.15) is 0 Å². The van der Waals surface area contributed by atoms with E-state index < -0.39 is 0 Å². The van der Waals surface area contributed by atoms with Gasteiger partial charge in [0.25, 0.3) is 4.84 Å². The van der Waals surface area contributed by atoms with Gasteiger partial charge in [0.2, 0.25) is 11.8 Å². The number of rotatable bonds is 4. The maximum atomic E-state index is 12.9. The summed E-state index contributed by atoms with van der Waals surface area (Å²) in [4.78, 5) is 17.7. The zero-order valence-corrected chi connectivity index (χ0v) is 18.9. The monoisotopic (exact) mass is 428 g/mol. The summed E-state index contributed by atoms with van der Waals surface area (Å²) in [6.45, 7) is 8.44. The number of hydrogen-bond donors (Lipinski definition) is 0. The van der Waals surface area contributed by atoms with Crippen molar-refractivity contribution >= 4 is 18.1 Å². The number of amides is 1. The molecule has 0 atom stereocenters. The van der Waals surface area contributed by atoms with E-state index in [1.165, 1.54) is 24.0 Å². The number of aromatic nitrogens is 2. The van der Waals surface area contributed by atoms with Crippen molar-refractivity contribution in [1.82, 2.24) is 19.6 Å². The third-order valence-corrected chi connectivity index (χ3v) is 6.84. The first-order valence-corrected chi connectivity index (χ1v) is 11.6. The van der Waals surface area contributed by atoms with Crippen LogP contribution in [-0.2, 0) is 11.5 Å². The van der Waals surface area contributed by atoms with E-state index in [-0.39, 0.29) is 5.92 Å². The number of carbonyl (C=O) groups excluding carboxylic acids is 1. The summed E-state index contributed by atoms with van der Waals surface area (Å²) in [6.07, 6.45) is 6.63. The lowest BCUT2D eigenvalue weighted by Gasteiger charge is -2.33. The molecule has 7 heteroatoms. The highest BCUT2D eigenvalue weighted by Crippen LogP contribution is 2.24. The maximum absolute atomic E-state index is 12.9. The third-order valence-electron chi connectivity index (χ3n) is 6.55. The smallest absolute Gasteiger partial charge is 0.288 e. The van der Waals surface area contributed by atoms with Gasteiger partial charge in [-0.3, -0.25) is 9.69 Å². The number of hydrogen-bond acceptors (Lipinski definition) is 5. The molecule has 2 aliphatic rings. The standard InChI is InChI=1S/C23H32N4O2S/c1-17-7-8-20(15-18(17)2)21-24-27(23(30)29-21)16-25-13-9-19(10-14-25)22(28)26-11-5-3-4-6-12-26/h7-8,15,19H,3-6,9-14,16H2,1-2H3. The largest absolute Gasteiger partial charge is 0.409 e. The highest BCUT2D eigenvalue weighted by atomic mass is 32.1. The summed E-state index contributed by atoms with van der Waals surface area (Å²) in [7, 11) is 0. The van der Waals surface area contributed by atoms with E-state index in [0.717, 1.165) is 57.4 Å². The Morgan fingerprint density at radius 3 is 2.43 bits per heavy atom. The predicted molar refractivity (Wildman–Crippen MR) is 120 cm³/mol. The second-order valence-electron chi connectivity index (χ2n) is 8.74. The number of likely N-dealkylation sites (tertiary alicyclic amines) is 2. The fourth-order valence-corrected chi connectivity index (χ4v) is 4.62. The van der Waals surface area contributed by atoms with Gasteiger partial charge in [-0.25, -0.2) is 4.68 Å². The molecule has 1 amide bonds. The molecule has 0 N–H and O–H groups in total. The van der Waals surface area contributed by atoms with Crippen LogP contribution in [0.4, 0.5) is 0 Å². The van der Waals surface area contributed by atoms with Gasteiger partial charge in [-0.15, -0.1) is 5.10 Å². The Bertz CT molecular complexity index is 935. The van der Waals surface area contributed by atoms with E-state index in [0.29, 0.717) is 23.3 Å². The Labute approximate surface area is 183 Å². The molecule has 30 heavy (non-hydrogen) atoms. The minimum atomic E-state index is 0.163. The van der Waals surface area contributed by atoms with Gasteiger partial charge in [0.15, 0.2) is 0 Å². The first kappa shape index (κ1) is 21.2. The van der Waals surface area contributed by atoms with Crippen LogP contribution in [0.3, 0.4) is 0 Å². The van der Waals surface area contributed by atoms with Crippen LogP contribution in [0.5, 0.6) is 0 Å². The van der Waals surface area contributed by atoms with Gasteiger partial charge in [-0.05, 0) is 75.0 Å². The van der Waals surface area contributed by atoms with Crippen molar-refractivity contribution in [2.24, 2.45) is 5.92 Å². The Kier molecular flexibility index (Phi) is 6.68.